The lowest BCUT2D eigenvalue weighted by molar-refractivity contribution is 0.266. The van der Waals surface area contributed by atoms with Gasteiger partial charge in [0.2, 0.25) is 0 Å². The minimum Gasteiger partial charge on any atom is -0.378 e. The number of benzene rings is 1. The third-order valence-electron chi connectivity index (χ3n) is 4.07. The summed E-state index contributed by atoms with van der Waals surface area (Å²) in [5, 5.41) is 3.49. The molecule has 124 valence electrons. The van der Waals surface area contributed by atoms with Crippen molar-refractivity contribution in [1.82, 2.24) is 10.2 Å². The molecule has 1 heterocycles. The van der Waals surface area contributed by atoms with Gasteiger partial charge in [-0.05, 0) is 36.5 Å². The molecule has 1 aliphatic heterocycles. The normalized spacial score (nSPS) is 18.6. The van der Waals surface area contributed by atoms with Gasteiger partial charge in [0.15, 0.2) is 5.96 Å². The molecule has 1 atom stereocenters. The van der Waals surface area contributed by atoms with Crippen LogP contribution in [0.3, 0.4) is 0 Å². The second-order valence-electron chi connectivity index (χ2n) is 6.16. The molecule has 1 aromatic rings. The van der Waals surface area contributed by atoms with Crippen molar-refractivity contribution in [2.24, 2.45) is 10.9 Å². The minimum atomic E-state index is 0. The highest BCUT2D eigenvalue weighted by Gasteiger charge is 2.18. The fourth-order valence-electron chi connectivity index (χ4n) is 2.81. The number of rotatable bonds is 3. The van der Waals surface area contributed by atoms with Crippen LogP contribution in [0.2, 0.25) is 0 Å². The highest BCUT2D eigenvalue weighted by Crippen LogP contribution is 2.16. The van der Waals surface area contributed by atoms with Crippen LogP contribution in [0.5, 0.6) is 0 Å². The summed E-state index contributed by atoms with van der Waals surface area (Å²) in [5.74, 6) is 1.79. The van der Waals surface area contributed by atoms with Gasteiger partial charge >= 0.3 is 0 Å². The zero-order valence-electron chi connectivity index (χ0n) is 14.2. The van der Waals surface area contributed by atoms with Gasteiger partial charge < -0.3 is 15.1 Å². The van der Waals surface area contributed by atoms with Crippen LogP contribution in [0.1, 0.15) is 25.3 Å². The van der Waals surface area contributed by atoms with Gasteiger partial charge in [0, 0.05) is 46.5 Å². The van der Waals surface area contributed by atoms with Crippen molar-refractivity contribution in [1.29, 1.82) is 0 Å². The van der Waals surface area contributed by atoms with Crippen LogP contribution in [0.4, 0.5) is 5.69 Å². The molecule has 22 heavy (non-hydrogen) atoms. The van der Waals surface area contributed by atoms with E-state index in [9.17, 15) is 0 Å². The molecule has 0 aromatic heterocycles. The van der Waals surface area contributed by atoms with Crippen LogP contribution in [0.15, 0.2) is 29.3 Å². The molecule has 1 aliphatic rings. The number of aliphatic imine (C=N–C) groups is 1. The summed E-state index contributed by atoms with van der Waals surface area (Å²) in [6.07, 6.45) is 2.60. The Hall–Kier alpha value is -0.980. The Kier molecular flexibility index (Phi) is 8.00. The maximum atomic E-state index is 4.43. The van der Waals surface area contributed by atoms with Gasteiger partial charge in [-0.2, -0.15) is 0 Å². The summed E-state index contributed by atoms with van der Waals surface area (Å²) < 4.78 is 0. The molecule has 5 heteroatoms. The summed E-state index contributed by atoms with van der Waals surface area (Å²) in [4.78, 5) is 8.92. The van der Waals surface area contributed by atoms with E-state index >= 15 is 0 Å². The van der Waals surface area contributed by atoms with Crippen molar-refractivity contribution < 1.29 is 0 Å². The molecule has 0 radical (unpaired) electrons. The topological polar surface area (TPSA) is 30.9 Å². The number of piperidine rings is 1. The molecule has 0 amide bonds. The maximum absolute atomic E-state index is 4.43. The van der Waals surface area contributed by atoms with E-state index < -0.39 is 0 Å². The van der Waals surface area contributed by atoms with Gasteiger partial charge in [-0.25, -0.2) is 0 Å². The second-order valence-corrected chi connectivity index (χ2v) is 6.16. The summed E-state index contributed by atoms with van der Waals surface area (Å²) in [6, 6.07) is 8.66. The third kappa shape index (κ3) is 5.34. The van der Waals surface area contributed by atoms with Gasteiger partial charge in [0.1, 0.15) is 0 Å². The van der Waals surface area contributed by atoms with Crippen LogP contribution in [-0.4, -0.2) is 45.1 Å². The van der Waals surface area contributed by atoms with Crippen LogP contribution in [0.25, 0.3) is 0 Å². The number of likely N-dealkylation sites (tertiary alicyclic amines) is 1. The standard InChI is InChI=1S/C17H28N4.HI/c1-14-6-5-11-21(13-14)17(18-2)19-12-15-7-9-16(10-8-15)20(3)4;/h7-10,14H,5-6,11-13H2,1-4H3,(H,18,19);1H. The zero-order valence-corrected chi connectivity index (χ0v) is 16.5. The average Bonchev–Trinajstić information content (AvgIpc) is 2.48. The number of hydrogen-bond acceptors (Lipinski definition) is 2. The molecule has 1 N–H and O–H groups in total. The Bertz CT molecular complexity index is 470. The first kappa shape index (κ1) is 19.1. The molecule has 0 aliphatic carbocycles. The zero-order chi connectivity index (χ0) is 15.2. The summed E-state index contributed by atoms with van der Waals surface area (Å²) in [5.41, 5.74) is 2.51. The Morgan fingerprint density at radius 3 is 2.55 bits per heavy atom. The molecule has 0 spiro atoms. The van der Waals surface area contributed by atoms with Crippen LogP contribution in [0, 0.1) is 5.92 Å². The Morgan fingerprint density at radius 1 is 1.32 bits per heavy atom. The van der Waals surface area contributed by atoms with E-state index in [4.69, 9.17) is 0 Å². The van der Waals surface area contributed by atoms with Gasteiger partial charge in [0.05, 0.1) is 0 Å². The molecular weight excluding hydrogens is 387 g/mol. The number of guanidine groups is 1. The van der Waals surface area contributed by atoms with Crippen molar-refractivity contribution in [3.8, 4) is 0 Å². The fraction of sp³-hybridized carbons (Fsp3) is 0.588. The van der Waals surface area contributed by atoms with Crippen molar-refractivity contribution in [3.05, 3.63) is 29.8 Å². The van der Waals surface area contributed by atoms with E-state index in [1.165, 1.54) is 24.1 Å². The lowest BCUT2D eigenvalue weighted by atomic mass is 10.0. The van der Waals surface area contributed by atoms with Crippen molar-refractivity contribution in [3.63, 3.8) is 0 Å². The number of nitrogens with one attached hydrogen (secondary N) is 1. The lowest BCUT2D eigenvalue weighted by Crippen LogP contribution is -2.45. The van der Waals surface area contributed by atoms with Crippen LogP contribution < -0.4 is 10.2 Å². The summed E-state index contributed by atoms with van der Waals surface area (Å²) in [7, 11) is 6.00. The lowest BCUT2D eigenvalue weighted by Gasteiger charge is -2.33. The second kappa shape index (κ2) is 9.22. The third-order valence-corrected chi connectivity index (χ3v) is 4.07. The van der Waals surface area contributed by atoms with Crippen molar-refractivity contribution >= 4 is 35.6 Å². The first-order valence-electron chi connectivity index (χ1n) is 7.82. The first-order valence-corrected chi connectivity index (χ1v) is 7.82. The monoisotopic (exact) mass is 416 g/mol. The molecule has 1 aromatic carbocycles. The predicted octanol–water partition coefficient (Wildman–Crippen LogP) is 3.18. The van der Waals surface area contributed by atoms with Crippen LogP contribution >= 0.6 is 24.0 Å². The molecule has 2 rings (SSSR count). The largest absolute Gasteiger partial charge is 0.378 e. The molecule has 0 bridgehead atoms. The van der Waals surface area contributed by atoms with E-state index in [2.05, 4.69) is 65.4 Å². The average molecular weight is 416 g/mol. The highest BCUT2D eigenvalue weighted by molar-refractivity contribution is 14.0. The van der Waals surface area contributed by atoms with E-state index in [0.717, 1.165) is 31.5 Å². The van der Waals surface area contributed by atoms with Crippen molar-refractivity contribution in [2.75, 3.05) is 39.1 Å². The number of hydrogen-bond donors (Lipinski definition) is 1. The first-order chi connectivity index (χ1) is 10.1. The molecule has 1 unspecified atom stereocenters. The number of halogens is 1. The van der Waals surface area contributed by atoms with Gasteiger partial charge in [0.25, 0.3) is 0 Å². The highest BCUT2D eigenvalue weighted by atomic mass is 127. The maximum Gasteiger partial charge on any atom is 0.193 e. The molecular formula is C17H29IN4. The van der Waals surface area contributed by atoms with Crippen LogP contribution in [-0.2, 0) is 6.54 Å². The van der Waals surface area contributed by atoms with E-state index in [0.29, 0.717) is 0 Å². The molecule has 1 saturated heterocycles. The van der Waals surface area contributed by atoms with Gasteiger partial charge in [-0.15, -0.1) is 24.0 Å². The fourth-order valence-corrected chi connectivity index (χ4v) is 2.81. The Morgan fingerprint density at radius 2 is 2.00 bits per heavy atom. The quantitative estimate of drug-likeness (QED) is 0.467. The van der Waals surface area contributed by atoms with Gasteiger partial charge in [-0.3, -0.25) is 4.99 Å². The molecule has 1 fully saturated rings. The summed E-state index contributed by atoms with van der Waals surface area (Å²) >= 11 is 0. The molecule has 4 nitrogen and oxygen atoms in total. The molecule has 0 saturated carbocycles. The number of nitrogens with zero attached hydrogens (tertiary/aromatic N) is 3. The van der Waals surface area contributed by atoms with Crippen molar-refractivity contribution in [2.45, 2.75) is 26.3 Å². The minimum absolute atomic E-state index is 0. The van der Waals surface area contributed by atoms with E-state index in [1.54, 1.807) is 0 Å². The Balaban J connectivity index is 0.00000242. The van der Waals surface area contributed by atoms with E-state index in [-0.39, 0.29) is 24.0 Å². The smallest absolute Gasteiger partial charge is 0.193 e. The number of anilines is 1. The summed E-state index contributed by atoms with van der Waals surface area (Å²) in [6.45, 7) is 5.37. The SMILES string of the molecule is CN=C(NCc1ccc(N(C)C)cc1)N1CCCC(C)C1.I. The Labute approximate surface area is 152 Å². The van der Waals surface area contributed by atoms with E-state index in [1.807, 2.05) is 7.05 Å². The predicted molar refractivity (Wildman–Crippen MR) is 106 cm³/mol. The van der Waals surface area contributed by atoms with Gasteiger partial charge in [-0.1, -0.05) is 19.1 Å².